The molecule has 0 saturated carbocycles. The average Bonchev–Trinajstić information content (AvgIpc) is 2.11. The van der Waals surface area contributed by atoms with Gasteiger partial charge >= 0.3 is 0 Å². The van der Waals surface area contributed by atoms with Crippen molar-refractivity contribution in [1.29, 1.82) is 0 Å². The number of nitrogens with two attached hydrogens (primary N) is 1. The number of nitrogen functional groups attached to an aromatic ring is 1. The fourth-order valence-electron chi connectivity index (χ4n) is 0.946. The summed E-state index contributed by atoms with van der Waals surface area (Å²) in [6.45, 7) is 0.200. The number of anilines is 1. The lowest BCUT2D eigenvalue weighted by Crippen LogP contribution is -1.94. The van der Waals surface area contributed by atoms with Gasteiger partial charge in [-0.25, -0.2) is 0 Å². The van der Waals surface area contributed by atoms with Gasteiger partial charge in [0.25, 0.3) is 0 Å². The Labute approximate surface area is 87.1 Å². The third-order valence-corrected chi connectivity index (χ3v) is 2.82. The van der Waals surface area contributed by atoms with Gasteiger partial charge in [-0.15, -0.1) is 0 Å². The molecule has 13 heavy (non-hydrogen) atoms. The van der Waals surface area contributed by atoms with Crippen LogP contribution in [0.4, 0.5) is 5.69 Å². The Bertz CT molecular complexity index is 280. The summed E-state index contributed by atoms with van der Waals surface area (Å²) >= 11 is 7.46. The first-order chi connectivity index (χ1) is 6.24. The number of aliphatic hydroxyl groups is 1. The highest BCUT2D eigenvalue weighted by molar-refractivity contribution is 7.98. The molecule has 72 valence electrons. The average molecular weight is 218 g/mol. The highest BCUT2D eigenvalue weighted by Gasteiger charge is 1.99. The fraction of sp³-hybridized carbons (Fsp3) is 0.333. The van der Waals surface area contributed by atoms with Crippen LogP contribution in [0.15, 0.2) is 18.2 Å². The molecule has 0 unspecified atom stereocenters. The van der Waals surface area contributed by atoms with Crippen LogP contribution in [0.3, 0.4) is 0 Å². The molecule has 0 aliphatic heterocycles. The van der Waals surface area contributed by atoms with Crippen LogP contribution in [0, 0.1) is 0 Å². The van der Waals surface area contributed by atoms with E-state index < -0.39 is 0 Å². The molecular formula is C9H12ClNOS. The molecule has 3 N–H and O–H groups in total. The van der Waals surface area contributed by atoms with E-state index in [9.17, 15) is 0 Å². The molecule has 1 aromatic rings. The second kappa shape index (κ2) is 5.37. The van der Waals surface area contributed by atoms with Gasteiger partial charge in [0.1, 0.15) is 0 Å². The van der Waals surface area contributed by atoms with Gasteiger partial charge in [-0.3, -0.25) is 0 Å². The molecule has 1 rings (SSSR count). The minimum absolute atomic E-state index is 0.200. The van der Waals surface area contributed by atoms with Crippen LogP contribution in [0.5, 0.6) is 0 Å². The minimum atomic E-state index is 0.200. The Morgan fingerprint density at radius 1 is 1.46 bits per heavy atom. The number of thioether (sulfide) groups is 1. The zero-order chi connectivity index (χ0) is 9.68. The lowest BCUT2D eigenvalue weighted by molar-refractivity contribution is 0.322. The fourth-order valence-corrected chi connectivity index (χ4v) is 1.88. The van der Waals surface area contributed by atoms with Gasteiger partial charge in [-0.2, -0.15) is 11.8 Å². The number of halogens is 1. The van der Waals surface area contributed by atoms with Gasteiger partial charge in [0.2, 0.25) is 0 Å². The Hall–Kier alpha value is -0.380. The van der Waals surface area contributed by atoms with Crippen molar-refractivity contribution in [3.8, 4) is 0 Å². The molecular weight excluding hydrogens is 206 g/mol. The number of rotatable bonds is 4. The number of hydrogen-bond donors (Lipinski definition) is 2. The highest BCUT2D eigenvalue weighted by Crippen LogP contribution is 2.22. The second-order valence-corrected chi connectivity index (χ2v) is 4.16. The molecule has 2 nitrogen and oxygen atoms in total. The molecule has 0 bridgehead atoms. The predicted molar refractivity (Wildman–Crippen MR) is 59.1 cm³/mol. The van der Waals surface area contributed by atoms with Crippen molar-refractivity contribution in [2.45, 2.75) is 5.75 Å². The van der Waals surface area contributed by atoms with Gasteiger partial charge in [0, 0.05) is 22.2 Å². The van der Waals surface area contributed by atoms with Gasteiger partial charge in [-0.05, 0) is 23.8 Å². The second-order valence-electron chi connectivity index (χ2n) is 2.62. The summed E-state index contributed by atoms with van der Waals surface area (Å²) in [4.78, 5) is 0. The van der Waals surface area contributed by atoms with E-state index in [1.54, 1.807) is 23.9 Å². The third-order valence-electron chi connectivity index (χ3n) is 1.60. The van der Waals surface area contributed by atoms with Gasteiger partial charge in [-0.1, -0.05) is 11.6 Å². The number of aliphatic hydroxyl groups excluding tert-OH is 1. The van der Waals surface area contributed by atoms with E-state index in [1.165, 1.54) is 0 Å². The lowest BCUT2D eigenvalue weighted by atomic mass is 10.2. The van der Waals surface area contributed by atoms with Gasteiger partial charge in [0.15, 0.2) is 0 Å². The minimum Gasteiger partial charge on any atom is -0.398 e. The van der Waals surface area contributed by atoms with E-state index in [0.717, 1.165) is 22.8 Å². The molecule has 0 spiro atoms. The SMILES string of the molecule is Nc1ccc(Cl)cc1CSCCO. The predicted octanol–water partition coefficient (Wildman–Crippen LogP) is 2.15. The van der Waals surface area contributed by atoms with E-state index in [1.807, 2.05) is 6.07 Å². The first-order valence-electron chi connectivity index (χ1n) is 3.96. The Kier molecular flexibility index (Phi) is 4.42. The molecule has 1 aromatic carbocycles. The summed E-state index contributed by atoms with van der Waals surface area (Å²) in [6.07, 6.45) is 0. The summed E-state index contributed by atoms with van der Waals surface area (Å²) < 4.78 is 0. The molecule has 0 heterocycles. The van der Waals surface area contributed by atoms with Crippen molar-refractivity contribution in [1.82, 2.24) is 0 Å². The van der Waals surface area contributed by atoms with Gasteiger partial charge in [0.05, 0.1) is 6.61 Å². The van der Waals surface area contributed by atoms with Crippen LogP contribution < -0.4 is 5.73 Å². The normalized spacial score (nSPS) is 10.3. The van der Waals surface area contributed by atoms with Crippen LogP contribution in [0.25, 0.3) is 0 Å². The summed E-state index contributed by atoms with van der Waals surface area (Å²) in [6, 6.07) is 5.44. The summed E-state index contributed by atoms with van der Waals surface area (Å²) in [5.41, 5.74) is 7.53. The van der Waals surface area contributed by atoms with Crippen molar-refractivity contribution < 1.29 is 5.11 Å². The number of hydrogen-bond acceptors (Lipinski definition) is 3. The summed E-state index contributed by atoms with van der Waals surface area (Å²) in [7, 11) is 0. The quantitative estimate of drug-likeness (QED) is 0.600. The molecule has 0 aliphatic carbocycles. The topological polar surface area (TPSA) is 46.2 Å². The van der Waals surface area contributed by atoms with Crippen molar-refractivity contribution in [2.75, 3.05) is 18.1 Å². The maximum atomic E-state index is 8.59. The van der Waals surface area contributed by atoms with E-state index in [2.05, 4.69) is 0 Å². The molecule has 0 amide bonds. The maximum Gasteiger partial charge on any atom is 0.0521 e. The largest absolute Gasteiger partial charge is 0.398 e. The van der Waals surface area contributed by atoms with E-state index in [4.69, 9.17) is 22.4 Å². The standard InChI is InChI=1S/C9H12ClNOS/c10-8-1-2-9(11)7(5-8)6-13-4-3-12/h1-2,5,12H,3-4,6,11H2. The van der Waals surface area contributed by atoms with Crippen LogP contribution in [0.1, 0.15) is 5.56 Å². The first kappa shape index (κ1) is 10.7. The Morgan fingerprint density at radius 3 is 2.92 bits per heavy atom. The molecule has 0 aliphatic rings. The molecule has 4 heteroatoms. The van der Waals surface area contributed by atoms with Crippen molar-refractivity contribution in [3.63, 3.8) is 0 Å². The van der Waals surface area contributed by atoms with E-state index >= 15 is 0 Å². The number of benzene rings is 1. The molecule has 0 fully saturated rings. The third kappa shape index (κ3) is 3.46. The van der Waals surface area contributed by atoms with Gasteiger partial charge < -0.3 is 10.8 Å². The van der Waals surface area contributed by atoms with Crippen LogP contribution in [0.2, 0.25) is 5.02 Å². The van der Waals surface area contributed by atoms with Crippen molar-refractivity contribution in [3.05, 3.63) is 28.8 Å². The smallest absolute Gasteiger partial charge is 0.0521 e. The zero-order valence-corrected chi connectivity index (χ0v) is 8.74. The van der Waals surface area contributed by atoms with Crippen LogP contribution in [-0.4, -0.2) is 17.5 Å². The zero-order valence-electron chi connectivity index (χ0n) is 7.16. The monoisotopic (exact) mass is 217 g/mol. The summed E-state index contributed by atoms with van der Waals surface area (Å²) in [5, 5.41) is 9.29. The molecule has 0 saturated heterocycles. The lowest BCUT2D eigenvalue weighted by Gasteiger charge is -2.04. The van der Waals surface area contributed by atoms with Crippen molar-refractivity contribution >= 4 is 29.1 Å². The van der Waals surface area contributed by atoms with Crippen molar-refractivity contribution in [2.24, 2.45) is 0 Å². The molecule has 0 atom stereocenters. The molecule has 0 aromatic heterocycles. The Morgan fingerprint density at radius 2 is 2.23 bits per heavy atom. The Balaban J connectivity index is 2.59. The van der Waals surface area contributed by atoms with E-state index in [0.29, 0.717) is 5.02 Å². The van der Waals surface area contributed by atoms with Crippen LogP contribution in [-0.2, 0) is 5.75 Å². The highest BCUT2D eigenvalue weighted by atomic mass is 35.5. The summed E-state index contributed by atoms with van der Waals surface area (Å²) in [5.74, 6) is 1.53. The maximum absolute atomic E-state index is 8.59. The van der Waals surface area contributed by atoms with E-state index in [-0.39, 0.29) is 6.61 Å². The first-order valence-corrected chi connectivity index (χ1v) is 5.50. The molecule has 0 radical (unpaired) electrons. The van der Waals surface area contributed by atoms with Crippen LogP contribution >= 0.6 is 23.4 Å².